The van der Waals surface area contributed by atoms with E-state index < -0.39 is 0 Å². The molecule has 194 valence electrons. The lowest BCUT2D eigenvalue weighted by Crippen LogP contribution is -2.38. The first-order valence-corrected chi connectivity index (χ1v) is 13.5. The zero-order chi connectivity index (χ0) is 26.2. The van der Waals surface area contributed by atoms with Crippen LogP contribution < -0.4 is 5.32 Å². The van der Waals surface area contributed by atoms with Gasteiger partial charge in [0.2, 0.25) is 5.82 Å². The summed E-state index contributed by atoms with van der Waals surface area (Å²) in [6.45, 7) is 7.04. The molecule has 0 saturated carbocycles. The number of nitrogens with one attached hydrogen (secondary N) is 2. The molecular formula is C28H35N7OS. The maximum Gasteiger partial charge on any atom is 0.269 e. The summed E-state index contributed by atoms with van der Waals surface area (Å²) in [7, 11) is 0. The van der Waals surface area contributed by atoms with Crippen LogP contribution in [0.4, 0.5) is 0 Å². The number of carbonyl (C=O) groups excluding carboxylic acids is 1. The molecule has 9 heteroatoms. The van der Waals surface area contributed by atoms with Crippen LogP contribution in [-0.2, 0) is 13.0 Å². The molecule has 0 unspecified atom stereocenters. The van der Waals surface area contributed by atoms with Crippen molar-refractivity contribution in [1.29, 1.82) is 0 Å². The second-order valence-electron chi connectivity index (χ2n) is 9.71. The number of thiol groups is 1. The Morgan fingerprint density at radius 1 is 1.11 bits per heavy atom. The monoisotopic (exact) mass is 517 g/mol. The Labute approximate surface area is 223 Å². The fraction of sp³-hybridized carbons (Fsp3) is 0.393. The molecule has 2 N–H and O–H groups in total. The number of nitrogens with zero attached hydrogens (tertiary/aromatic N) is 5. The first-order chi connectivity index (χ1) is 18.0. The number of hydrogen-bond donors (Lipinski definition) is 3. The molecule has 1 atom stereocenters. The number of tetrazole rings is 1. The number of aromatic nitrogens is 6. The number of aryl methyl sites for hydroxylation is 1. The Hall–Kier alpha value is -3.46. The van der Waals surface area contributed by atoms with Crippen LogP contribution in [0.2, 0.25) is 0 Å². The number of H-pyrrole nitrogens is 1. The number of hydrogen-bond acceptors (Lipinski definition) is 6. The van der Waals surface area contributed by atoms with Gasteiger partial charge < -0.3 is 9.88 Å². The summed E-state index contributed by atoms with van der Waals surface area (Å²) >= 11 is 4.45. The fourth-order valence-electron chi connectivity index (χ4n) is 4.49. The van der Waals surface area contributed by atoms with Crippen molar-refractivity contribution < 1.29 is 4.79 Å². The highest BCUT2D eigenvalue weighted by atomic mass is 32.1. The minimum atomic E-state index is -0.0967. The standard InChI is InChI=1S/C28H35N7OS/c1-4-5-10-26-29-16-25(28(36)30-22(18-37)15-19(2)3)35(26)17-20-11-13-21(14-12-20)23-8-6-7-9-24(23)27-31-33-34-32-27/h6-9,11-14,16,19,22,37H,4-5,10,15,17-18H2,1-3H3,(H,30,36)(H,31,32,33,34)/t22-/m1/s1. The largest absolute Gasteiger partial charge is 0.347 e. The molecule has 37 heavy (non-hydrogen) atoms. The summed E-state index contributed by atoms with van der Waals surface area (Å²) in [5.74, 6) is 2.48. The van der Waals surface area contributed by atoms with E-state index in [9.17, 15) is 4.79 Å². The topological polar surface area (TPSA) is 101 Å². The second kappa shape index (κ2) is 12.7. The zero-order valence-electron chi connectivity index (χ0n) is 21.7. The second-order valence-corrected chi connectivity index (χ2v) is 10.1. The molecule has 0 aliphatic rings. The van der Waals surface area contributed by atoms with Crippen LogP contribution in [-0.4, -0.2) is 47.9 Å². The van der Waals surface area contributed by atoms with E-state index in [2.05, 4.69) is 99.2 Å². The lowest BCUT2D eigenvalue weighted by molar-refractivity contribution is 0.0927. The summed E-state index contributed by atoms with van der Waals surface area (Å²) in [5.41, 5.74) is 4.69. The van der Waals surface area contributed by atoms with Crippen molar-refractivity contribution in [1.82, 2.24) is 35.5 Å². The van der Waals surface area contributed by atoms with E-state index in [0.717, 1.165) is 53.8 Å². The van der Waals surface area contributed by atoms with Crippen molar-refractivity contribution in [2.45, 2.75) is 59.0 Å². The van der Waals surface area contributed by atoms with Gasteiger partial charge in [0, 0.05) is 30.3 Å². The number of carbonyl (C=O) groups is 1. The van der Waals surface area contributed by atoms with Crippen molar-refractivity contribution in [2.75, 3.05) is 5.75 Å². The molecule has 0 aliphatic heterocycles. The first-order valence-electron chi connectivity index (χ1n) is 12.9. The molecule has 2 aromatic heterocycles. The Kier molecular flexibility index (Phi) is 9.11. The smallest absolute Gasteiger partial charge is 0.269 e. The molecule has 4 aromatic rings. The van der Waals surface area contributed by atoms with Gasteiger partial charge >= 0.3 is 0 Å². The molecule has 2 aromatic carbocycles. The van der Waals surface area contributed by atoms with Gasteiger partial charge in [0.25, 0.3) is 5.91 Å². The minimum absolute atomic E-state index is 0.0248. The van der Waals surface area contributed by atoms with Crippen molar-refractivity contribution >= 4 is 18.5 Å². The maximum absolute atomic E-state index is 13.3. The highest BCUT2D eigenvalue weighted by Gasteiger charge is 2.20. The van der Waals surface area contributed by atoms with E-state index in [4.69, 9.17) is 0 Å². The summed E-state index contributed by atoms with van der Waals surface area (Å²) in [6, 6.07) is 16.4. The molecule has 0 aliphatic carbocycles. The third kappa shape index (κ3) is 6.65. The van der Waals surface area contributed by atoms with Gasteiger partial charge in [0.1, 0.15) is 11.5 Å². The van der Waals surface area contributed by atoms with Crippen LogP contribution in [0.15, 0.2) is 54.7 Å². The molecule has 0 saturated heterocycles. The van der Waals surface area contributed by atoms with Gasteiger partial charge in [-0.05, 0) is 40.7 Å². The number of rotatable bonds is 12. The Morgan fingerprint density at radius 2 is 1.86 bits per heavy atom. The molecule has 0 fully saturated rings. The quantitative estimate of drug-likeness (QED) is 0.224. The Balaban J connectivity index is 1.58. The van der Waals surface area contributed by atoms with E-state index in [-0.39, 0.29) is 11.9 Å². The molecule has 0 bridgehead atoms. The molecule has 2 heterocycles. The average Bonchev–Trinajstić information content (AvgIpc) is 3.58. The number of aromatic amines is 1. The molecule has 0 spiro atoms. The number of unbranched alkanes of at least 4 members (excludes halogenated alkanes) is 1. The third-order valence-corrected chi connectivity index (χ3v) is 6.80. The normalized spacial score (nSPS) is 12.1. The van der Waals surface area contributed by atoms with Crippen LogP contribution in [0.3, 0.4) is 0 Å². The van der Waals surface area contributed by atoms with Crippen LogP contribution in [0.5, 0.6) is 0 Å². The molecule has 1 amide bonds. The summed E-state index contributed by atoms with van der Waals surface area (Å²) in [6.07, 6.45) is 5.52. The first kappa shape index (κ1) is 26.6. The highest BCUT2D eigenvalue weighted by molar-refractivity contribution is 7.80. The van der Waals surface area contributed by atoms with Crippen LogP contribution in [0.1, 0.15) is 61.9 Å². The summed E-state index contributed by atoms with van der Waals surface area (Å²) in [4.78, 5) is 17.9. The molecule has 8 nitrogen and oxygen atoms in total. The predicted molar refractivity (Wildman–Crippen MR) is 150 cm³/mol. The number of imidazole rings is 1. The van der Waals surface area contributed by atoms with Crippen LogP contribution in [0, 0.1) is 5.92 Å². The fourth-order valence-corrected chi connectivity index (χ4v) is 4.73. The van der Waals surface area contributed by atoms with E-state index >= 15 is 0 Å². The molecule has 0 radical (unpaired) electrons. The van der Waals surface area contributed by atoms with Crippen molar-refractivity contribution in [2.24, 2.45) is 5.92 Å². The number of benzene rings is 2. The summed E-state index contributed by atoms with van der Waals surface area (Å²) in [5, 5.41) is 17.7. The van der Waals surface area contributed by atoms with Gasteiger partial charge in [0.05, 0.1) is 6.20 Å². The van der Waals surface area contributed by atoms with Gasteiger partial charge in [-0.1, -0.05) is 75.7 Å². The van der Waals surface area contributed by atoms with Gasteiger partial charge in [-0.3, -0.25) is 4.79 Å². The van der Waals surface area contributed by atoms with E-state index in [1.165, 1.54) is 0 Å². The van der Waals surface area contributed by atoms with Gasteiger partial charge in [-0.2, -0.15) is 17.8 Å². The van der Waals surface area contributed by atoms with Gasteiger partial charge in [0.15, 0.2) is 0 Å². The Morgan fingerprint density at radius 3 is 2.51 bits per heavy atom. The molecule has 4 rings (SSSR count). The van der Waals surface area contributed by atoms with E-state index in [1.54, 1.807) is 6.20 Å². The minimum Gasteiger partial charge on any atom is -0.347 e. The van der Waals surface area contributed by atoms with Gasteiger partial charge in [-0.25, -0.2) is 4.98 Å². The highest BCUT2D eigenvalue weighted by Crippen LogP contribution is 2.30. The van der Waals surface area contributed by atoms with E-state index in [0.29, 0.717) is 29.7 Å². The number of amides is 1. The third-order valence-electron chi connectivity index (χ3n) is 6.36. The Bertz CT molecular complexity index is 1280. The lowest BCUT2D eigenvalue weighted by atomic mass is 9.98. The van der Waals surface area contributed by atoms with Crippen LogP contribution >= 0.6 is 12.6 Å². The zero-order valence-corrected chi connectivity index (χ0v) is 22.6. The average molecular weight is 518 g/mol. The SMILES string of the molecule is CCCCc1ncc(C(=O)N[C@@H](CS)CC(C)C)n1Cc1ccc(-c2ccccc2-c2nn[nH]n2)cc1. The predicted octanol–water partition coefficient (Wildman–Crippen LogP) is 5.20. The molecular weight excluding hydrogens is 482 g/mol. The van der Waals surface area contributed by atoms with Gasteiger partial charge in [-0.15, -0.1) is 10.2 Å². The van der Waals surface area contributed by atoms with Crippen LogP contribution in [0.25, 0.3) is 22.5 Å². The van der Waals surface area contributed by atoms with Crippen molar-refractivity contribution in [3.8, 4) is 22.5 Å². The van der Waals surface area contributed by atoms with Crippen molar-refractivity contribution in [3.05, 3.63) is 71.8 Å². The van der Waals surface area contributed by atoms with Crippen molar-refractivity contribution in [3.63, 3.8) is 0 Å². The lowest BCUT2D eigenvalue weighted by Gasteiger charge is -2.19. The summed E-state index contributed by atoms with van der Waals surface area (Å²) < 4.78 is 2.05. The van der Waals surface area contributed by atoms with E-state index in [1.807, 2.05) is 18.2 Å². The maximum atomic E-state index is 13.3.